The van der Waals surface area contributed by atoms with Gasteiger partial charge < -0.3 is 44.3 Å². The van der Waals surface area contributed by atoms with Crippen LogP contribution in [0.15, 0.2) is 25.3 Å². The molecule has 0 aromatic carbocycles. The van der Waals surface area contributed by atoms with Crippen LogP contribution in [0.5, 0.6) is 0 Å². The number of aliphatic hydroxyl groups is 2. The number of nitrogens with two attached hydrogens (primary N) is 1. The van der Waals surface area contributed by atoms with Gasteiger partial charge in [-0.15, -0.1) is 0 Å². The van der Waals surface area contributed by atoms with E-state index in [1.165, 1.54) is 34.4 Å². The highest BCUT2D eigenvalue weighted by atomic mass is 32.5. The third-order valence-corrected chi connectivity index (χ3v) is 10.5. The Morgan fingerprint density at radius 2 is 1.25 bits per heavy atom. The van der Waals surface area contributed by atoms with Gasteiger partial charge in [-0.25, -0.2) is 29.9 Å². The van der Waals surface area contributed by atoms with Crippen molar-refractivity contribution >= 4 is 65.2 Å². The standard InChI is InChI=1S/C21H25N9O10P2S2/c1-8-11-18(25-4-23-8)29(6-27-11)20-13(31)15-9(37-20)2-35-42(34,44)40-16-10(3-36-41(33,43)39-15)38-21(14(16)32)30-7-28-12-17(22)24-5-26-19(12)30/h4-7,9-10,13-16,20-21,31-32H,2-3H2,1H3,(H,33,43)(H,34,44)(H2,22,24,26)/t9?,10-,13-,14-,15-,16-,20-,21-,41?,42?/m0/s1. The normalized spacial score (nSPS) is 38.3. The van der Waals surface area contributed by atoms with Crippen LogP contribution < -0.4 is 5.73 Å². The summed E-state index contributed by atoms with van der Waals surface area (Å²) < 4.78 is 37.6. The number of fused-ring (bicyclic) bond motifs is 4. The first-order valence-corrected chi connectivity index (χ1v) is 18.2. The number of aryl methyl sites for hydroxylation is 1. The lowest BCUT2D eigenvalue weighted by atomic mass is 10.1. The Balaban J connectivity index is 1.17. The Bertz CT molecular complexity index is 1700. The Morgan fingerprint density at radius 3 is 1.80 bits per heavy atom. The first kappa shape index (κ1) is 30.5. The third-order valence-electron chi connectivity index (χ3n) is 7.41. The molecule has 0 radical (unpaired) electrons. The zero-order valence-electron chi connectivity index (χ0n) is 22.4. The average Bonchev–Trinajstić information content (AvgIpc) is 3.73. The van der Waals surface area contributed by atoms with Gasteiger partial charge in [-0.05, 0) is 30.5 Å². The molecular weight excluding hydrogens is 664 g/mol. The molecule has 0 saturated carbocycles. The molecule has 0 aliphatic carbocycles. The SMILES string of the molecule is Cc1ncnc2c1ncn2[C@H]1OC2COP(O)(=S)O[C@@H]3[C@H](O)[C@@H](n4cnc5c(N)ncnc54)O[C@H]3COP(O)(=S)O[C@@H]2[C@@H]1O. The molecule has 10 atom stereocenters. The van der Waals surface area contributed by atoms with Gasteiger partial charge in [0.2, 0.25) is 0 Å². The van der Waals surface area contributed by atoms with Gasteiger partial charge >= 0.3 is 13.4 Å². The number of aromatic nitrogens is 8. The monoisotopic (exact) mass is 689 g/mol. The summed E-state index contributed by atoms with van der Waals surface area (Å²) in [6.07, 6.45) is -4.72. The van der Waals surface area contributed by atoms with Crippen molar-refractivity contribution in [3.8, 4) is 0 Å². The van der Waals surface area contributed by atoms with E-state index in [2.05, 4.69) is 29.9 Å². The highest BCUT2D eigenvalue weighted by molar-refractivity contribution is 8.07. The number of aliphatic hydroxyl groups excluding tert-OH is 2. The average molecular weight is 690 g/mol. The molecule has 19 nitrogen and oxygen atoms in total. The Kier molecular flexibility index (Phi) is 7.79. The van der Waals surface area contributed by atoms with Crippen LogP contribution in [0.1, 0.15) is 18.1 Å². The van der Waals surface area contributed by atoms with Crippen molar-refractivity contribution in [1.82, 2.24) is 39.0 Å². The van der Waals surface area contributed by atoms with Crippen molar-refractivity contribution < 1.29 is 47.6 Å². The molecule has 0 spiro atoms. The number of imidazole rings is 2. The molecule has 0 bridgehead atoms. The van der Waals surface area contributed by atoms with Gasteiger partial charge in [0, 0.05) is 0 Å². The number of anilines is 1. The summed E-state index contributed by atoms with van der Waals surface area (Å²) in [7, 11) is 0. The number of nitrogen functional groups attached to an aromatic ring is 1. The molecule has 236 valence electrons. The van der Waals surface area contributed by atoms with E-state index in [-0.39, 0.29) is 17.0 Å². The van der Waals surface area contributed by atoms with E-state index in [0.717, 1.165) is 0 Å². The van der Waals surface area contributed by atoms with Crippen molar-refractivity contribution in [3.63, 3.8) is 0 Å². The van der Waals surface area contributed by atoms with Gasteiger partial charge in [0.15, 0.2) is 29.6 Å². The van der Waals surface area contributed by atoms with E-state index >= 15 is 0 Å². The van der Waals surface area contributed by atoms with Crippen LogP contribution in [0.3, 0.4) is 0 Å². The number of nitrogens with zero attached hydrogens (tertiary/aromatic N) is 8. The zero-order chi connectivity index (χ0) is 31.0. The maximum absolute atomic E-state index is 11.3. The lowest BCUT2D eigenvalue weighted by molar-refractivity contribution is -0.0593. The first-order chi connectivity index (χ1) is 20.9. The predicted molar refractivity (Wildman–Crippen MR) is 154 cm³/mol. The van der Waals surface area contributed by atoms with E-state index < -0.39 is 75.7 Å². The highest BCUT2D eigenvalue weighted by Crippen LogP contribution is 2.54. The maximum Gasteiger partial charge on any atom is 0.325 e. The molecule has 3 aliphatic rings. The highest BCUT2D eigenvalue weighted by Gasteiger charge is 2.52. The first-order valence-electron chi connectivity index (χ1n) is 13.0. The molecule has 4 aromatic rings. The Hall–Kier alpha value is -2.20. The minimum Gasteiger partial charge on any atom is -0.386 e. The summed E-state index contributed by atoms with van der Waals surface area (Å²) in [4.78, 5) is 46.9. The summed E-state index contributed by atoms with van der Waals surface area (Å²) in [5, 5.41) is 22.6. The van der Waals surface area contributed by atoms with Crippen molar-refractivity contribution in [2.24, 2.45) is 0 Å². The molecule has 3 unspecified atom stereocenters. The molecular formula is C21H25N9O10P2S2. The van der Waals surface area contributed by atoms with Crippen LogP contribution in [0.25, 0.3) is 22.3 Å². The van der Waals surface area contributed by atoms with Gasteiger partial charge in [-0.1, -0.05) is 0 Å². The molecule has 7 rings (SSSR count). The van der Waals surface area contributed by atoms with Crippen molar-refractivity contribution in [2.45, 2.75) is 56.0 Å². The van der Waals surface area contributed by atoms with Gasteiger partial charge in [0.05, 0.1) is 31.6 Å². The second kappa shape index (κ2) is 11.2. The minimum absolute atomic E-state index is 0.117. The maximum atomic E-state index is 11.3. The fourth-order valence-electron chi connectivity index (χ4n) is 5.34. The van der Waals surface area contributed by atoms with Gasteiger partial charge in [0.1, 0.15) is 60.3 Å². The molecule has 23 heteroatoms. The number of hydrogen-bond donors (Lipinski definition) is 5. The fourth-order valence-corrected chi connectivity index (χ4v) is 8.23. The molecule has 3 aliphatic heterocycles. The van der Waals surface area contributed by atoms with Crippen LogP contribution in [0.2, 0.25) is 0 Å². The van der Waals surface area contributed by atoms with Crippen molar-refractivity contribution in [1.29, 1.82) is 0 Å². The quantitative estimate of drug-likeness (QED) is 0.164. The number of ether oxygens (including phenoxy) is 2. The number of rotatable bonds is 2. The van der Waals surface area contributed by atoms with Gasteiger partial charge in [-0.2, -0.15) is 0 Å². The number of hydrogen-bond acceptors (Lipinski definition) is 17. The summed E-state index contributed by atoms with van der Waals surface area (Å²) in [6, 6.07) is 0. The Labute approximate surface area is 257 Å². The second-order valence-corrected chi connectivity index (χ2v) is 15.7. The summed E-state index contributed by atoms with van der Waals surface area (Å²) in [6.45, 7) is -7.37. The van der Waals surface area contributed by atoms with Crippen LogP contribution in [0.4, 0.5) is 5.82 Å². The molecule has 3 saturated heterocycles. The van der Waals surface area contributed by atoms with Crippen LogP contribution in [0, 0.1) is 6.92 Å². The largest absolute Gasteiger partial charge is 0.386 e. The third kappa shape index (κ3) is 5.35. The minimum atomic E-state index is -4.10. The lowest BCUT2D eigenvalue weighted by Gasteiger charge is -2.30. The fraction of sp³-hybridized carbons (Fsp3) is 0.524. The van der Waals surface area contributed by atoms with Gasteiger partial charge in [0.25, 0.3) is 0 Å². The molecule has 4 aromatic heterocycles. The van der Waals surface area contributed by atoms with Crippen LogP contribution in [-0.4, -0.2) is 109 Å². The smallest absolute Gasteiger partial charge is 0.325 e. The molecule has 3 fully saturated rings. The van der Waals surface area contributed by atoms with E-state index in [1.54, 1.807) is 6.92 Å². The van der Waals surface area contributed by atoms with E-state index in [0.29, 0.717) is 16.9 Å². The summed E-state index contributed by atoms with van der Waals surface area (Å²) >= 11 is 10.5. The lowest BCUT2D eigenvalue weighted by Crippen LogP contribution is -2.39. The predicted octanol–water partition coefficient (Wildman–Crippen LogP) is -0.676. The van der Waals surface area contributed by atoms with Crippen molar-refractivity contribution in [2.75, 3.05) is 18.9 Å². The second-order valence-electron chi connectivity index (χ2n) is 10.1. The Morgan fingerprint density at radius 1 is 0.773 bits per heavy atom. The summed E-state index contributed by atoms with van der Waals surface area (Å²) in [5.74, 6) is 0.117. The topological polar surface area (TPSA) is 250 Å². The summed E-state index contributed by atoms with van der Waals surface area (Å²) in [5.41, 5.74) is 7.90. The van der Waals surface area contributed by atoms with E-state index in [1.807, 2.05) is 0 Å². The molecule has 7 heterocycles. The zero-order valence-corrected chi connectivity index (χ0v) is 25.9. The van der Waals surface area contributed by atoms with Crippen LogP contribution in [-0.2, 0) is 51.2 Å². The van der Waals surface area contributed by atoms with E-state index in [4.69, 9.17) is 56.9 Å². The van der Waals surface area contributed by atoms with Gasteiger partial charge in [-0.3, -0.25) is 18.2 Å². The molecule has 6 N–H and O–H groups in total. The molecule has 44 heavy (non-hydrogen) atoms. The molecule has 0 amide bonds. The van der Waals surface area contributed by atoms with Crippen molar-refractivity contribution in [3.05, 3.63) is 31.0 Å². The van der Waals surface area contributed by atoms with E-state index in [9.17, 15) is 20.0 Å². The van der Waals surface area contributed by atoms with Crippen LogP contribution >= 0.6 is 13.4 Å².